The third-order valence-electron chi connectivity index (χ3n) is 5.39. The van der Waals surface area contributed by atoms with E-state index < -0.39 is 11.8 Å². The smallest absolute Gasteiger partial charge is 0.329 e. The van der Waals surface area contributed by atoms with E-state index in [-0.39, 0.29) is 12.5 Å². The largest absolute Gasteiger partial charge is 0.490 e. The Labute approximate surface area is 226 Å². The van der Waals surface area contributed by atoms with Crippen molar-refractivity contribution in [1.82, 2.24) is 5.43 Å². The Bertz CT molecular complexity index is 1350. The summed E-state index contributed by atoms with van der Waals surface area (Å²) in [4.78, 5) is 36.7. The highest BCUT2D eigenvalue weighted by atomic mass is 35.5. The standard InChI is InChI=1S/C28H29ClN4O5/c1-5-37-24-13-20(15-30-33-28(36)27(35)32-26-18(3)7-6-8-19(26)4)10-12-23(24)38-16-25(34)31-21-11-9-17(2)22(29)14-21/h6-15H,5,16H2,1-4H3,(H,31,34)(H,32,35)(H,33,36)/b30-15-. The van der Waals surface area contributed by atoms with Crippen molar-refractivity contribution in [3.8, 4) is 11.5 Å². The minimum Gasteiger partial charge on any atom is -0.490 e. The van der Waals surface area contributed by atoms with Crippen LogP contribution < -0.4 is 25.5 Å². The second-order valence-electron chi connectivity index (χ2n) is 8.36. The number of halogens is 1. The Morgan fingerprint density at radius 1 is 0.868 bits per heavy atom. The van der Waals surface area contributed by atoms with Crippen molar-refractivity contribution < 1.29 is 23.9 Å². The fourth-order valence-electron chi connectivity index (χ4n) is 3.40. The molecule has 9 nitrogen and oxygen atoms in total. The SMILES string of the molecule is CCOc1cc(/C=N\NC(=O)C(=O)Nc2c(C)cccc2C)ccc1OCC(=O)Nc1ccc(C)c(Cl)c1. The molecule has 3 aromatic rings. The number of nitrogens with zero attached hydrogens (tertiary/aromatic N) is 1. The number of anilines is 2. The van der Waals surface area contributed by atoms with E-state index in [9.17, 15) is 14.4 Å². The zero-order chi connectivity index (χ0) is 27.7. The topological polar surface area (TPSA) is 118 Å². The molecule has 0 heterocycles. The van der Waals surface area contributed by atoms with Crippen LogP contribution in [0.1, 0.15) is 29.2 Å². The van der Waals surface area contributed by atoms with Crippen LogP contribution >= 0.6 is 11.6 Å². The Balaban J connectivity index is 1.58. The van der Waals surface area contributed by atoms with Gasteiger partial charge >= 0.3 is 11.8 Å². The molecule has 3 aromatic carbocycles. The average Bonchev–Trinajstić information content (AvgIpc) is 2.88. The van der Waals surface area contributed by atoms with Crippen molar-refractivity contribution in [2.45, 2.75) is 27.7 Å². The fourth-order valence-corrected chi connectivity index (χ4v) is 3.58. The number of ether oxygens (including phenoxy) is 2. The predicted molar refractivity (Wildman–Crippen MR) is 148 cm³/mol. The van der Waals surface area contributed by atoms with Crippen LogP contribution in [0.5, 0.6) is 11.5 Å². The summed E-state index contributed by atoms with van der Waals surface area (Å²) in [7, 11) is 0. The Morgan fingerprint density at radius 3 is 2.29 bits per heavy atom. The molecule has 10 heteroatoms. The Morgan fingerprint density at radius 2 is 1.61 bits per heavy atom. The number of carbonyl (C=O) groups excluding carboxylic acids is 3. The summed E-state index contributed by atoms with van der Waals surface area (Å²) in [6, 6.07) is 15.7. The zero-order valence-corrected chi connectivity index (χ0v) is 22.3. The minimum absolute atomic E-state index is 0.245. The van der Waals surface area contributed by atoms with Gasteiger partial charge in [0.1, 0.15) is 0 Å². The molecule has 0 aliphatic heterocycles. The number of amides is 3. The number of benzene rings is 3. The molecule has 0 spiro atoms. The molecule has 0 fully saturated rings. The highest BCUT2D eigenvalue weighted by molar-refractivity contribution is 6.39. The molecule has 0 saturated heterocycles. The fraction of sp³-hybridized carbons (Fsp3) is 0.214. The number of hydrogen-bond acceptors (Lipinski definition) is 6. The maximum absolute atomic E-state index is 12.3. The van der Waals surface area contributed by atoms with Crippen LogP contribution in [-0.4, -0.2) is 37.1 Å². The van der Waals surface area contributed by atoms with Crippen LogP contribution in [0.25, 0.3) is 0 Å². The Hall–Kier alpha value is -4.37. The number of hydrazone groups is 1. The van der Waals surface area contributed by atoms with Crippen LogP contribution in [0.15, 0.2) is 59.7 Å². The van der Waals surface area contributed by atoms with Crippen LogP contribution in [0, 0.1) is 20.8 Å². The molecule has 0 saturated carbocycles. The number of hydrogen-bond donors (Lipinski definition) is 3. The molecule has 3 N–H and O–H groups in total. The lowest BCUT2D eigenvalue weighted by Crippen LogP contribution is -2.32. The van der Waals surface area contributed by atoms with Gasteiger partial charge in [-0.25, -0.2) is 5.43 Å². The number of carbonyl (C=O) groups is 3. The van der Waals surface area contributed by atoms with E-state index in [1.807, 2.05) is 52.0 Å². The summed E-state index contributed by atoms with van der Waals surface area (Å²) in [6.45, 7) is 7.49. The molecule has 0 atom stereocenters. The van der Waals surface area contributed by atoms with E-state index >= 15 is 0 Å². The lowest BCUT2D eigenvalue weighted by Gasteiger charge is -2.13. The number of aryl methyl sites for hydroxylation is 3. The van der Waals surface area contributed by atoms with E-state index in [1.165, 1.54) is 6.21 Å². The van der Waals surface area contributed by atoms with Crippen LogP contribution in [0.2, 0.25) is 5.02 Å². The molecular formula is C28H29ClN4O5. The maximum Gasteiger partial charge on any atom is 0.329 e. The molecule has 38 heavy (non-hydrogen) atoms. The van der Waals surface area contributed by atoms with Gasteiger partial charge in [-0.15, -0.1) is 0 Å². The molecule has 0 aromatic heterocycles. The monoisotopic (exact) mass is 536 g/mol. The third-order valence-corrected chi connectivity index (χ3v) is 5.79. The van der Waals surface area contributed by atoms with Gasteiger partial charge < -0.3 is 20.1 Å². The highest BCUT2D eigenvalue weighted by Gasteiger charge is 2.15. The first-order valence-electron chi connectivity index (χ1n) is 11.8. The Kier molecular flexibility index (Phi) is 9.84. The molecule has 3 amide bonds. The normalized spacial score (nSPS) is 10.7. The van der Waals surface area contributed by atoms with Crippen LogP contribution in [0.3, 0.4) is 0 Å². The van der Waals surface area contributed by atoms with Gasteiger partial charge in [0.2, 0.25) is 0 Å². The molecule has 0 aliphatic carbocycles. The first kappa shape index (κ1) is 28.2. The average molecular weight is 537 g/mol. The van der Waals surface area contributed by atoms with Gasteiger partial charge in [-0.2, -0.15) is 5.10 Å². The number of rotatable bonds is 9. The minimum atomic E-state index is -0.908. The lowest BCUT2D eigenvalue weighted by atomic mass is 10.1. The first-order valence-corrected chi connectivity index (χ1v) is 12.2. The summed E-state index contributed by atoms with van der Waals surface area (Å²) < 4.78 is 11.3. The second-order valence-corrected chi connectivity index (χ2v) is 8.77. The van der Waals surface area contributed by atoms with Gasteiger partial charge in [0, 0.05) is 16.4 Å². The molecule has 0 unspecified atom stereocenters. The van der Waals surface area contributed by atoms with Crippen LogP contribution in [0.4, 0.5) is 11.4 Å². The molecule has 0 aliphatic rings. The van der Waals surface area contributed by atoms with Crippen molar-refractivity contribution in [1.29, 1.82) is 0 Å². The summed E-state index contributed by atoms with van der Waals surface area (Å²) in [6.07, 6.45) is 1.37. The van der Waals surface area contributed by atoms with Crippen molar-refractivity contribution in [3.63, 3.8) is 0 Å². The molecule has 198 valence electrons. The van der Waals surface area contributed by atoms with Gasteiger partial charge in [-0.05, 0) is 80.3 Å². The van der Waals surface area contributed by atoms with Crippen molar-refractivity contribution in [3.05, 3.63) is 81.9 Å². The summed E-state index contributed by atoms with van der Waals surface area (Å²) in [5, 5.41) is 9.74. The van der Waals surface area contributed by atoms with Crippen LogP contribution in [-0.2, 0) is 14.4 Å². The molecule has 3 rings (SSSR count). The number of nitrogens with one attached hydrogen (secondary N) is 3. The third kappa shape index (κ3) is 7.81. The second kappa shape index (κ2) is 13.3. The van der Waals surface area contributed by atoms with E-state index in [0.29, 0.717) is 40.1 Å². The van der Waals surface area contributed by atoms with Gasteiger partial charge in [0.25, 0.3) is 5.91 Å². The van der Waals surface area contributed by atoms with E-state index in [4.69, 9.17) is 21.1 Å². The molecular weight excluding hydrogens is 508 g/mol. The highest BCUT2D eigenvalue weighted by Crippen LogP contribution is 2.28. The van der Waals surface area contributed by atoms with Gasteiger partial charge in [0.15, 0.2) is 18.1 Å². The lowest BCUT2D eigenvalue weighted by molar-refractivity contribution is -0.136. The van der Waals surface area contributed by atoms with E-state index in [0.717, 1.165) is 16.7 Å². The molecule has 0 bridgehead atoms. The van der Waals surface area contributed by atoms with Crippen molar-refractivity contribution >= 4 is 46.9 Å². The zero-order valence-electron chi connectivity index (χ0n) is 21.6. The molecule has 0 radical (unpaired) electrons. The van der Waals surface area contributed by atoms with Gasteiger partial charge in [0.05, 0.1) is 12.8 Å². The maximum atomic E-state index is 12.3. The quantitative estimate of drug-likeness (QED) is 0.207. The van der Waals surface area contributed by atoms with Crippen molar-refractivity contribution in [2.24, 2.45) is 5.10 Å². The van der Waals surface area contributed by atoms with Gasteiger partial charge in [-0.1, -0.05) is 35.9 Å². The van der Waals surface area contributed by atoms with Crippen molar-refractivity contribution in [2.75, 3.05) is 23.8 Å². The van der Waals surface area contributed by atoms with E-state index in [1.54, 1.807) is 30.3 Å². The summed E-state index contributed by atoms with van der Waals surface area (Å²) in [5.74, 6) is -1.35. The predicted octanol–water partition coefficient (Wildman–Crippen LogP) is 4.77. The van der Waals surface area contributed by atoms with Gasteiger partial charge in [-0.3, -0.25) is 14.4 Å². The number of para-hydroxylation sites is 1. The van der Waals surface area contributed by atoms with E-state index in [2.05, 4.69) is 21.2 Å². The first-order chi connectivity index (χ1) is 18.2. The summed E-state index contributed by atoms with van der Waals surface area (Å²) >= 11 is 6.10. The summed E-state index contributed by atoms with van der Waals surface area (Å²) in [5.41, 5.74) is 6.54.